The lowest BCUT2D eigenvalue weighted by atomic mass is 10.0. The van der Waals surface area contributed by atoms with Crippen LogP contribution in [0.4, 0.5) is 0 Å². The highest BCUT2D eigenvalue weighted by atomic mass is 32.2. The van der Waals surface area contributed by atoms with E-state index in [1.165, 1.54) is 12.8 Å². The van der Waals surface area contributed by atoms with Crippen LogP contribution in [0.15, 0.2) is 53.6 Å². The maximum absolute atomic E-state index is 13.4. The number of sulfonamides is 1. The summed E-state index contributed by atoms with van der Waals surface area (Å²) in [6.45, 7) is 6.65. The number of aromatic nitrogens is 2. The van der Waals surface area contributed by atoms with E-state index in [1.807, 2.05) is 18.2 Å². The molecule has 1 aromatic carbocycles. The Morgan fingerprint density at radius 2 is 1.81 bits per heavy atom. The van der Waals surface area contributed by atoms with Crippen molar-refractivity contribution in [1.29, 1.82) is 0 Å². The number of benzene rings is 1. The van der Waals surface area contributed by atoms with Gasteiger partial charge in [-0.25, -0.2) is 13.4 Å². The molecule has 1 amide bonds. The summed E-state index contributed by atoms with van der Waals surface area (Å²) in [5.74, 6) is 0.290. The number of likely N-dealkylation sites (tertiary alicyclic amines) is 1. The predicted molar refractivity (Wildman–Crippen MR) is 140 cm³/mol. The normalized spacial score (nSPS) is 18.0. The average molecular weight is 508 g/mol. The van der Waals surface area contributed by atoms with Gasteiger partial charge in [0, 0.05) is 37.8 Å². The molecule has 0 atom stereocenters. The van der Waals surface area contributed by atoms with Crippen LogP contribution in [-0.4, -0.2) is 72.8 Å². The van der Waals surface area contributed by atoms with Crippen LogP contribution >= 0.6 is 0 Å². The molecule has 36 heavy (non-hydrogen) atoms. The summed E-state index contributed by atoms with van der Waals surface area (Å²) in [4.78, 5) is 25.0. The Hall–Kier alpha value is -2.88. The number of pyridine rings is 2. The third-order valence-electron chi connectivity index (χ3n) is 7.24. The molecule has 2 aliphatic heterocycles. The highest BCUT2D eigenvalue weighted by molar-refractivity contribution is 7.89. The average Bonchev–Trinajstić information content (AvgIpc) is 3.42. The summed E-state index contributed by atoms with van der Waals surface area (Å²) in [7, 11) is -3.65. The van der Waals surface area contributed by atoms with E-state index in [9.17, 15) is 13.2 Å². The molecule has 0 radical (unpaired) electrons. The van der Waals surface area contributed by atoms with Gasteiger partial charge in [0.2, 0.25) is 10.0 Å². The van der Waals surface area contributed by atoms with Crippen molar-refractivity contribution < 1.29 is 13.2 Å². The fraction of sp³-hybridized carbons (Fsp3) is 0.444. The third-order valence-corrected chi connectivity index (χ3v) is 9.14. The van der Waals surface area contributed by atoms with Crippen molar-refractivity contribution in [1.82, 2.24) is 24.5 Å². The molecule has 0 spiro atoms. The number of nitrogens with one attached hydrogen (secondary N) is 1. The molecule has 2 saturated heterocycles. The van der Waals surface area contributed by atoms with E-state index in [2.05, 4.69) is 22.1 Å². The van der Waals surface area contributed by atoms with Gasteiger partial charge in [-0.3, -0.25) is 9.78 Å². The standard InChI is InChI=1S/C27H33N5O3S/c1-20-9-15-32(16-10-20)36(34,35)21-7-8-24-22(18-21)23(19-26(30-24)25-6-2-3-11-28-25)27(33)29-12-17-31-13-4-5-14-31/h2-3,6-8,11,18-20H,4-5,9-10,12-17H2,1H3,(H,29,33). The van der Waals surface area contributed by atoms with Gasteiger partial charge in [0.1, 0.15) is 0 Å². The van der Waals surface area contributed by atoms with Crippen LogP contribution in [0, 0.1) is 5.92 Å². The molecule has 2 aromatic heterocycles. The zero-order valence-electron chi connectivity index (χ0n) is 20.7. The molecule has 1 N–H and O–H groups in total. The Morgan fingerprint density at radius 3 is 2.53 bits per heavy atom. The van der Waals surface area contributed by atoms with Crippen molar-refractivity contribution in [2.45, 2.75) is 37.5 Å². The third kappa shape index (κ3) is 5.28. The fourth-order valence-corrected chi connectivity index (χ4v) is 6.50. The van der Waals surface area contributed by atoms with Crippen molar-refractivity contribution in [3.05, 3.63) is 54.2 Å². The zero-order valence-corrected chi connectivity index (χ0v) is 21.5. The van der Waals surface area contributed by atoms with E-state index < -0.39 is 10.0 Å². The number of carbonyl (C=O) groups is 1. The first-order valence-electron chi connectivity index (χ1n) is 12.8. The van der Waals surface area contributed by atoms with Crippen molar-refractivity contribution in [2.75, 3.05) is 39.3 Å². The number of hydrogen-bond donors (Lipinski definition) is 1. The quantitative estimate of drug-likeness (QED) is 0.526. The van der Waals surface area contributed by atoms with Crippen LogP contribution in [-0.2, 0) is 10.0 Å². The molecule has 0 saturated carbocycles. The lowest BCUT2D eigenvalue weighted by Gasteiger charge is -2.29. The minimum atomic E-state index is -3.65. The van der Waals surface area contributed by atoms with E-state index in [0.717, 1.165) is 32.5 Å². The second-order valence-corrected chi connectivity index (χ2v) is 11.8. The second-order valence-electron chi connectivity index (χ2n) is 9.84. The Balaban J connectivity index is 1.50. The number of hydrogen-bond acceptors (Lipinski definition) is 6. The predicted octanol–water partition coefficient (Wildman–Crippen LogP) is 3.54. The topological polar surface area (TPSA) is 95.5 Å². The maximum atomic E-state index is 13.4. The maximum Gasteiger partial charge on any atom is 0.252 e. The summed E-state index contributed by atoms with van der Waals surface area (Å²) in [6.07, 6.45) is 5.79. The summed E-state index contributed by atoms with van der Waals surface area (Å²) in [5, 5.41) is 3.56. The van der Waals surface area contributed by atoms with Crippen molar-refractivity contribution in [2.24, 2.45) is 5.92 Å². The van der Waals surface area contributed by atoms with Crippen LogP contribution in [0.3, 0.4) is 0 Å². The molecule has 190 valence electrons. The van der Waals surface area contributed by atoms with E-state index in [0.29, 0.717) is 53.4 Å². The molecule has 4 heterocycles. The van der Waals surface area contributed by atoms with Crippen LogP contribution in [0.25, 0.3) is 22.3 Å². The molecule has 2 fully saturated rings. The van der Waals surface area contributed by atoms with Crippen molar-refractivity contribution >= 4 is 26.8 Å². The monoisotopic (exact) mass is 507 g/mol. The smallest absolute Gasteiger partial charge is 0.252 e. The van der Waals surface area contributed by atoms with Crippen LogP contribution in [0.1, 0.15) is 43.0 Å². The van der Waals surface area contributed by atoms with Gasteiger partial charge in [-0.15, -0.1) is 0 Å². The number of fused-ring (bicyclic) bond motifs is 1. The second kappa shape index (κ2) is 10.6. The van der Waals surface area contributed by atoms with Gasteiger partial charge in [-0.05, 0) is 81.1 Å². The van der Waals surface area contributed by atoms with E-state index in [4.69, 9.17) is 4.98 Å². The lowest BCUT2D eigenvalue weighted by Crippen LogP contribution is -2.37. The van der Waals surface area contributed by atoms with Crippen LogP contribution < -0.4 is 5.32 Å². The lowest BCUT2D eigenvalue weighted by molar-refractivity contribution is 0.0951. The van der Waals surface area contributed by atoms with Gasteiger partial charge in [-0.1, -0.05) is 13.0 Å². The Morgan fingerprint density at radius 1 is 1.03 bits per heavy atom. The van der Waals surface area contributed by atoms with E-state index in [-0.39, 0.29) is 10.8 Å². The van der Waals surface area contributed by atoms with Crippen molar-refractivity contribution in [3.8, 4) is 11.4 Å². The molecular formula is C27H33N5O3S. The molecule has 5 rings (SSSR count). The zero-order chi connectivity index (χ0) is 25.1. The van der Waals surface area contributed by atoms with Gasteiger partial charge < -0.3 is 10.2 Å². The summed E-state index contributed by atoms with van der Waals surface area (Å²) in [5.41, 5.74) is 2.21. The Labute approximate surface area is 212 Å². The molecule has 0 unspecified atom stereocenters. The highest BCUT2D eigenvalue weighted by Gasteiger charge is 2.29. The minimum Gasteiger partial charge on any atom is -0.351 e. The van der Waals surface area contributed by atoms with Crippen molar-refractivity contribution in [3.63, 3.8) is 0 Å². The Kier molecular flexibility index (Phi) is 7.32. The first kappa shape index (κ1) is 24.8. The molecule has 0 aliphatic carbocycles. The number of nitrogens with zero attached hydrogens (tertiary/aromatic N) is 4. The van der Waals surface area contributed by atoms with Gasteiger partial charge in [0.05, 0.1) is 27.4 Å². The van der Waals surface area contributed by atoms with Gasteiger partial charge in [-0.2, -0.15) is 4.31 Å². The van der Waals surface area contributed by atoms with E-state index >= 15 is 0 Å². The molecule has 0 bridgehead atoms. The Bertz CT molecular complexity index is 1330. The van der Waals surface area contributed by atoms with Crippen LogP contribution in [0.5, 0.6) is 0 Å². The SMILES string of the molecule is CC1CCN(S(=O)(=O)c2ccc3nc(-c4ccccn4)cc(C(=O)NCCN4CCCC4)c3c2)CC1. The number of piperidine rings is 1. The summed E-state index contributed by atoms with van der Waals surface area (Å²) >= 11 is 0. The molecule has 2 aliphatic rings. The number of carbonyl (C=O) groups excluding carboxylic acids is 1. The van der Waals surface area contributed by atoms with Crippen LogP contribution in [0.2, 0.25) is 0 Å². The molecule has 8 nitrogen and oxygen atoms in total. The summed E-state index contributed by atoms with van der Waals surface area (Å²) < 4.78 is 28.4. The van der Waals surface area contributed by atoms with Gasteiger partial charge in [0.15, 0.2) is 0 Å². The molecular weight excluding hydrogens is 474 g/mol. The first-order chi connectivity index (χ1) is 17.4. The highest BCUT2D eigenvalue weighted by Crippen LogP contribution is 2.29. The number of rotatable bonds is 7. The fourth-order valence-electron chi connectivity index (χ4n) is 5.00. The molecule has 3 aromatic rings. The molecule has 9 heteroatoms. The van der Waals surface area contributed by atoms with Gasteiger partial charge >= 0.3 is 0 Å². The van der Waals surface area contributed by atoms with Gasteiger partial charge in [0.25, 0.3) is 5.91 Å². The largest absolute Gasteiger partial charge is 0.351 e. The summed E-state index contributed by atoms with van der Waals surface area (Å²) in [6, 6.07) is 12.2. The number of amides is 1. The minimum absolute atomic E-state index is 0.197. The van der Waals surface area contributed by atoms with E-state index in [1.54, 1.807) is 34.8 Å². The first-order valence-corrected chi connectivity index (χ1v) is 14.2.